The van der Waals surface area contributed by atoms with Gasteiger partial charge in [-0.2, -0.15) is 5.26 Å². The molecule has 0 aromatic heterocycles. The number of hydrogen-bond donors (Lipinski definition) is 1. The summed E-state index contributed by atoms with van der Waals surface area (Å²) >= 11 is 5.91. The van der Waals surface area contributed by atoms with Crippen molar-refractivity contribution in [1.82, 2.24) is 0 Å². The van der Waals surface area contributed by atoms with E-state index in [9.17, 15) is 4.79 Å². The van der Waals surface area contributed by atoms with Crippen LogP contribution in [0.1, 0.15) is 17.0 Å². The Kier molecular flexibility index (Phi) is 3.51. The lowest BCUT2D eigenvalue weighted by Crippen LogP contribution is -2.22. The summed E-state index contributed by atoms with van der Waals surface area (Å²) in [4.78, 5) is 12.4. The maximum atomic E-state index is 12.4. The normalized spacial score (nSPS) is 15.7. The van der Waals surface area contributed by atoms with Gasteiger partial charge in [-0.1, -0.05) is 29.8 Å². The first kappa shape index (κ1) is 13.5. The molecule has 2 aromatic carbocycles. The number of rotatable bonds is 2. The molecule has 0 saturated carbocycles. The summed E-state index contributed by atoms with van der Waals surface area (Å²) in [5.74, 6) is 0.134. The average molecular weight is 299 g/mol. The van der Waals surface area contributed by atoms with Gasteiger partial charge in [-0.3, -0.25) is 4.79 Å². The standard InChI is InChI=1S/C16H11ClN2O2/c17-11-6-5-10(8-18)14(7-11)19-16(20)13-9-21-15-4-2-1-3-12(13)15/h1-7,13H,9H2,(H,19,20). The summed E-state index contributed by atoms with van der Waals surface area (Å²) < 4.78 is 5.50. The molecule has 1 heterocycles. The summed E-state index contributed by atoms with van der Waals surface area (Å²) in [6, 6.07) is 14.2. The summed E-state index contributed by atoms with van der Waals surface area (Å²) in [6.07, 6.45) is 0. The lowest BCUT2D eigenvalue weighted by atomic mass is 10.0. The third kappa shape index (κ3) is 2.56. The van der Waals surface area contributed by atoms with Crippen molar-refractivity contribution in [3.05, 3.63) is 58.6 Å². The van der Waals surface area contributed by atoms with Crippen LogP contribution in [-0.2, 0) is 4.79 Å². The molecule has 0 saturated heterocycles. The number of amides is 1. The molecule has 1 N–H and O–H groups in total. The number of hydrogen-bond acceptors (Lipinski definition) is 3. The van der Waals surface area contributed by atoms with E-state index < -0.39 is 0 Å². The van der Waals surface area contributed by atoms with Crippen LogP contribution in [0.4, 0.5) is 5.69 Å². The van der Waals surface area contributed by atoms with Gasteiger partial charge in [-0.15, -0.1) is 0 Å². The highest BCUT2D eigenvalue weighted by atomic mass is 35.5. The van der Waals surface area contributed by atoms with E-state index in [4.69, 9.17) is 21.6 Å². The van der Waals surface area contributed by atoms with Crippen molar-refractivity contribution in [3.63, 3.8) is 0 Å². The van der Waals surface area contributed by atoms with E-state index in [0.29, 0.717) is 22.9 Å². The number of halogens is 1. The van der Waals surface area contributed by atoms with E-state index in [2.05, 4.69) is 5.32 Å². The number of nitrogens with one attached hydrogen (secondary N) is 1. The van der Waals surface area contributed by atoms with Crippen LogP contribution in [0, 0.1) is 11.3 Å². The molecule has 2 aromatic rings. The van der Waals surface area contributed by atoms with Crippen LogP contribution >= 0.6 is 11.6 Å². The second-order valence-electron chi connectivity index (χ2n) is 4.69. The van der Waals surface area contributed by atoms with E-state index in [-0.39, 0.29) is 11.8 Å². The molecule has 21 heavy (non-hydrogen) atoms. The Bertz CT molecular complexity index is 752. The lowest BCUT2D eigenvalue weighted by Gasteiger charge is -2.11. The Morgan fingerprint density at radius 2 is 2.14 bits per heavy atom. The maximum absolute atomic E-state index is 12.4. The van der Waals surface area contributed by atoms with E-state index >= 15 is 0 Å². The van der Waals surface area contributed by atoms with Gasteiger partial charge in [0.05, 0.1) is 11.3 Å². The third-order valence-corrected chi connectivity index (χ3v) is 3.61. The quantitative estimate of drug-likeness (QED) is 0.925. The second-order valence-corrected chi connectivity index (χ2v) is 5.13. The van der Waals surface area contributed by atoms with Gasteiger partial charge < -0.3 is 10.1 Å². The minimum absolute atomic E-state index is 0.210. The smallest absolute Gasteiger partial charge is 0.235 e. The first-order valence-electron chi connectivity index (χ1n) is 6.41. The summed E-state index contributed by atoms with van der Waals surface area (Å²) in [6.45, 7) is 0.299. The number of para-hydroxylation sites is 1. The van der Waals surface area contributed by atoms with Crippen molar-refractivity contribution in [2.24, 2.45) is 0 Å². The zero-order valence-electron chi connectivity index (χ0n) is 11.0. The van der Waals surface area contributed by atoms with Crippen molar-refractivity contribution in [2.75, 3.05) is 11.9 Å². The van der Waals surface area contributed by atoms with Crippen molar-refractivity contribution < 1.29 is 9.53 Å². The first-order valence-corrected chi connectivity index (χ1v) is 6.79. The van der Waals surface area contributed by atoms with E-state index in [0.717, 1.165) is 11.3 Å². The predicted octanol–water partition coefficient (Wildman–Crippen LogP) is 3.33. The van der Waals surface area contributed by atoms with Gasteiger partial charge >= 0.3 is 0 Å². The Balaban J connectivity index is 1.86. The Morgan fingerprint density at radius 3 is 2.95 bits per heavy atom. The Labute approximate surface area is 126 Å². The van der Waals surface area contributed by atoms with Gasteiger partial charge in [-0.05, 0) is 24.3 Å². The number of carbonyl (C=O) groups excluding carboxylic acids is 1. The molecule has 1 atom stereocenters. The average Bonchev–Trinajstić information content (AvgIpc) is 2.91. The number of benzene rings is 2. The van der Waals surface area contributed by atoms with Gasteiger partial charge in [0.25, 0.3) is 0 Å². The summed E-state index contributed by atoms with van der Waals surface area (Å²) in [5.41, 5.74) is 1.65. The zero-order chi connectivity index (χ0) is 14.8. The molecule has 0 aliphatic carbocycles. The van der Waals surface area contributed by atoms with Crippen molar-refractivity contribution in [2.45, 2.75) is 5.92 Å². The van der Waals surface area contributed by atoms with E-state index in [1.54, 1.807) is 18.2 Å². The van der Waals surface area contributed by atoms with Crippen molar-refractivity contribution >= 4 is 23.2 Å². The molecule has 0 spiro atoms. The van der Waals surface area contributed by atoms with Crippen LogP contribution in [0.15, 0.2) is 42.5 Å². The van der Waals surface area contributed by atoms with Crippen LogP contribution in [-0.4, -0.2) is 12.5 Å². The molecule has 4 nitrogen and oxygen atoms in total. The molecule has 1 aliphatic heterocycles. The highest BCUT2D eigenvalue weighted by Crippen LogP contribution is 2.34. The molecule has 1 unspecified atom stereocenters. The third-order valence-electron chi connectivity index (χ3n) is 3.38. The second kappa shape index (κ2) is 5.47. The number of nitrogens with zero attached hydrogens (tertiary/aromatic N) is 1. The van der Waals surface area contributed by atoms with Crippen LogP contribution < -0.4 is 10.1 Å². The number of ether oxygens (including phenoxy) is 1. The zero-order valence-corrected chi connectivity index (χ0v) is 11.7. The molecule has 0 radical (unpaired) electrons. The summed E-state index contributed by atoms with van der Waals surface area (Å²) in [7, 11) is 0. The molecule has 1 amide bonds. The van der Waals surface area contributed by atoms with E-state index in [1.807, 2.05) is 30.3 Å². The molecule has 104 valence electrons. The molecule has 0 bridgehead atoms. The van der Waals surface area contributed by atoms with Crippen LogP contribution in [0.25, 0.3) is 0 Å². The molecular formula is C16H11ClN2O2. The largest absolute Gasteiger partial charge is 0.492 e. The van der Waals surface area contributed by atoms with Crippen LogP contribution in [0.5, 0.6) is 5.75 Å². The fraction of sp³-hybridized carbons (Fsp3) is 0.125. The maximum Gasteiger partial charge on any atom is 0.235 e. The lowest BCUT2D eigenvalue weighted by molar-refractivity contribution is -0.117. The number of nitriles is 1. The monoisotopic (exact) mass is 298 g/mol. The minimum atomic E-state index is -0.383. The van der Waals surface area contributed by atoms with Gasteiger partial charge in [0.15, 0.2) is 0 Å². The number of carbonyl (C=O) groups is 1. The highest BCUT2D eigenvalue weighted by molar-refractivity contribution is 6.31. The van der Waals surface area contributed by atoms with Gasteiger partial charge in [0.1, 0.15) is 24.3 Å². The van der Waals surface area contributed by atoms with Crippen molar-refractivity contribution in [1.29, 1.82) is 5.26 Å². The molecular weight excluding hydrogens is 288 g/mol. The molecule has 0 fully saturated rings. The fourth-order valence-electron chi connectivity index (χ4n) is 2.32. The van der Waals surface area contributed by atoms with Gasteiger partial charge in [0, 0.05) is 10.6 Å². The molecule has 1 aliphatic rings. The van der Waals surface area contributed by atoms with Crippen LogP contribution in [0.3, 0.4) is 0 Å². The van der Waals surface area contributed by atoms with Gasteiger partial charge in [-0.25, -0.2) is 0 Å². The van der Waals surface area contributed by atoms with Crippen LogP contribution in [0.2, 0.25) is 5.02 Å². The number of fused-ring (bicyclic) bond motifs is 1. The van der Waals surface area contributed by atoms with Gasteiger partial charge in [0.2, 0.25) is 5.91 Å². The van der Waals surface area contributed by atoms with E-state index in [1.165, 1.54) is 0 Å². The predicted molar refractivity (Wildman–Crippen MR) is 79.5 cm³/mol. The SMILES string of the molecule is N#Cc1ccc(Cl)cc1NC(=O)C1COc2ccccc21. The summed E-state index contributed by atoms with van der Waals surface area (Å²) in [5, 5.41) is 12.3. The minimum Gasteiger partial charge on any atom is -0.492 e. The molecule has 5 heteroatoms. The Morgan fingerprint density at radius 1 is 1.33 bits per heavy atom. The number of anilines is 1. The first-order chi connectivity index (χ1) is 10.2. The highest BCUT2D eigenvalue weighted by Gasteiger charge is 2.30. The Hall–Kier alpha value is -2.51. The topological polar surface area (TPSA) is 62.1 Å². The fourth-order valence-corrected chi connectivity index (χ4v) is 2.49. The van der Waals surface area contributed by atoms with Crippen molar-refractivity contribution in [3.8, 4) is 11.8 Å². The molecule has 3 rings (SSSR count).